The third-order valence-electron chi connectivity index (χ3n) is 5.18. The molecule has 11 heteroatoms. The van der Waals surface area contributed by atoms with Crippen LogP contribution in [0, 0.1) is 0 Å². The van der Waals surface area contributed by atoms with Crippen molar-refractivity contribution in [1.82, 2.24) is 9.73 Å². The lowest BCUT2D eigenvalue weighted by Crippen LogP contribution is -2.39. The predicted molar refractivity (Wildman–Crippen MR) is 150 cm³/mol. The van der Waals surface area contributed by atoms with Crippen molar-refractivity contribution < 1.29 is 22.7 Å². The summed E-state index contributed by atoms with van der Waals surface area (Å²) >= 11 is 12.1. The first-order valence-corrected chi connectivity index (χ1v) is 14.1. The van der Waals surface area contributed by atoms with Crippen LogP contribution < -0.4 is 14.9 Å². The van der Waals surface area contributed by atoms with E-state index in [1.54, 1.807) is 54.6 Å². The number of ether oxygens (including phenoxy) is 2. The molecular weight excluding hydrogens is 549 g/mol. The van der Waals surface area contributed by atoms with E-state index in [0.29, 0.717) is 40.9 Å². The van der Waals surface area contributed by atoms with Crippen molar-refractivity contribution in [2.24, 2.45) is 5.10 Å². The number of hydrogen-bond acceptors (Lipinski definition) is 6. The minimum atomic E-state index is -4.00. The minimum absolute atomic E-state index is 0.0604. The number of sulfonamides is 1. The molecule has 0 heterocycles. The van der Waals surface area contributed by atoms with E-state index in [1.165, 1.54) is 18.3 Å². The van der Waals surface area contributed by atoms with Gasteiger partial charge < -0.3 is 9.47 Å². The molecule has 0 atom stereocenters. The lowest BCUT2D eigenvalue weighted by Gasteiger charge is -2.21. The number of halogens is 2. The topological polar surface area (TPSA) is 97.3 Å². The van der Waals surface area contributed by atoms with Crippen LogP contribution in [0.3, 0.4) is 0 Å². The minimum Gasteiger partial charge on any atom is -0.490 e. The predicted octanol–water partition coefficient (Wildman–Crippen LogP) is 5.52. The average molecular weight is 579 g/mol. The molecule has 0 aromatic heterocycles. The molecule has 202 valence electrons. The Kier molecular flexibility index (Phi) is 11.0. The largest absolute Gasteiger partial charge is 0.490 e. The summed E-state index contributed by atoms with van der Waals surface area (Å²) in [5.74, 6) is 0.575. The summed E-state index contributed by atoms with van der Waals surface area (Å²) in [6, 6.07) is 18.0. The smallest absolute Gasteiger partial charge is 0.255 e. The highest BCUT2D eigenvalue weighted by Crippen LogP contribution is 2.28. The fourth-order valence-electron chi connectivity index (χ4n) is 3.39. The van der Waals surface area contributed by atoms with Crippen LogP contribution >= 0.6 is 23.2 Å². The first-order chi connectivity index (χ1) is 18.2. The zero-order valence-electron chi connectivity index (χ0n) is 21.1. The number of hydrogen-bond donors (Lipinski definition) is 1. The summed E-state index contributed by atoms with van der Waals surface area (Å²) in [6.45, 7) is 4.35. The average Bonchev–Trinajstić information content (AvgIpc) is 2.90. The molecule has 3 rings (SSSR count). The van der Waals surface area contributed by atoms with Crippen LogP contribution in [-0.2, 0) is 21.4 Å². The summed E-state index contributed by atoms with van der Waals surface area (Å²) in [5, 5.41) is 4.62. The molecule has 0 saturated heterocycles. The summed E-state index contributed by atoms with van der Waals surface area (Å²) < 4.78 is 39.1. The van der Waals surface area contributed by atoms with Crippen molar-refractivity contribution in [2.45, 2.75) is 31.7 Å². The lowest BCUT2D eigenvalue weighted by atomic mass is 10.2. The monoisotopic (exact) mass is 577 g/mol. The number of nitrogens with zero attached hydrogens (tertiary/aromatic N) is 2. The maximum absolute atomic E-state index is 13.3. The molecule has 0 radical (unpaired) electrons. The van der Waals surface area contributed by atoms with Crippen molar-refractivity contribution in [3.05, 3.63) is 87.9 Å². The molecule has 0 aliphatic rings. The summed E-state index contributed by atoms with van der Waals surface area (Å²) in [4.78, 5) is 12.8. The number of nitrogens with one attached hydrogen (secondary N) is 1. The number of hydrazone groups is 1. The second-order valence-corrected chi connectivity index (χ2v) is 10.9. The van der Waals surface area contributed by atoms with Crippen LogP contribution in [0.1, 0.15) is 31.4 Å². The SMILES string of the molecule is CCCOc1ccc(/C=N\NC(=O)CN(Cc2ccc(Cl)c(Cl)c2)S(=O)(=O)c2ccccc2)cc1OCC. The third-order valence-corrected chi connectivity index (χ3v) is 7.72. The van der Waals surface area contributed by atoms with Gasteiger partial charge in [-0.3, -0.25) is 4.79 Å². The molecule has 1 amide bonds. The molecule has 0 aliphatic heterocycles. The first kappa shape index (κ1) is 29.4. The molecule has 0 fully saturated rings. The molecule has 0 bridgehead atoms. The Bertz CT molecular complexity index is 1370. The van der Waals surface area contributed by atoms with Gasteiger partial charge in [0.1, 0.15) is 0 Å². The van der Waals surface area contributed by atoms with Crippen LogP contribution in [0.5, 0.6) is 11.5 Å². The van der Waals surface area contributed by atoms with Gasteiger partial charge in [-0.2, -0.15) is 9.41 Å². The van der Waals surface area contributed by atoms with Crippen molar-refractivity contribution in [1.29, 1.82) is 0 Å². The Hall–Kier alpha value is -3.11. The van der Waals surface area contributed by atoms with Gasteiger partial charge in [0.05, 0.1) is 40.9 Å². The molecule has 0 saturated carbocycles. The van der Waals surface area contributed by atoms with E-state index in [-0.39, 0.29) is 16.5 Å². The molecule has 3 aromatic rings. The van der Waals surface area contributed by atoms with Gasteiger partial charge in [0, 0.05) is 6.54 Å². The van der Waals surface area contributed by atoms with Gasteiger partial charge in [-0.25, -0.2) is 13.8 Å². The molecule has 0 unspecified atom stereocenters. The first-order valence-electron chi connectivity index (χ1n) is 11.9. The van der Waals surface area contributed by atoms with E-state index in [1.807, 2.05) is 13.8 Å². The molecule has 0 spiro atoms. The molecule has 3 aromatic carbocycles. The highest BCUT2D eigenvalue weighted by molar-refractivity contribution is 7.89. The maximum Gasteiger partial charge on any atom is 0.255 e. The highest BCUT2D eigenvalue weighted by Gasteiger charge is 2.27. The Morgan fingerprint density at radius 3 is 2.42 bits per heavy atom. The summed E-state index contributed by atoms with van der Waals surface area (Å²) in [5.41, 5.74) is 3.64. The zero-order valence-corrected chi connectivity index (χ0v) is 23.4. The summed E-state index contributed by atoms with van der Waals surface area (Å²) in [7, 11) is -4.00. The van der Waals surface area contributed by atoms with Gasteiger partial charge >= 0.3 is 0 Å². The van der Waals surface area contributed by atoms with Crippen molar-refractivity contribution in [2.75, 3.05) is 19.8 Å². The Labute approximate surface area is 233 Å². The van der Waals surface area contributed by atoms with Gasteiger partial charge in [0.2, 0.25) is 10.0 Å². The normalized spacial score (nSPS) is 11.6. The van der Waals surface area contributed by atoms with Gasteiger partial charge in [-0.15, -0.1) is 0 Å². The second-order valence-electron chi connectivity index (χ2n) is 8.12. The molecule has 38 heavy (non-hydrogen) atoms. The number of rotatable bonds is 13. The number of benzene rings is 3. The molecule has 1 N–H and O–H groups in total. The zero-order chi connectivity index (χ0) is 27.5. The standard InChI is InChI=1S/C27H29Cl2N3O5S/c1-3-14-37-25-13-11-20(16-26(25)36-4-2)17-30-31-27(33)19-32(18-21-10-12-23(28)24(29)15-21)38(34,35)22-8-6-5-7-9-22/h5-13,15-17H,3-4,14,18-19H2,1-2H3,(H,31,33)/b30-17-. The van der Waals surface area contributed by atoms with Gasteiger partial charge in [-0.05, 0) is 66.9 Å². The van der Waals surface area contributed by atoms with E-state index in [9.17, 15) is 13.2 Å². The van der Waals surface area contributed by atoms with E-state index in [0.717, 1.165) is 10.7 Å². The van der Waals surface area contributed by atoms with Gasteiger partial charge in [0.25, 0.3) is 5.91 Å². The summed E-state index contributed by atoms with van der Waals surface area (Å²) in [6.07, 6.45) is 2.31. The number of carbonyl (C=O) groups is 1. The highest BCUT2D eigenvalue weighted by atomic mass is 35.5. The van der Waals surface area contributed by atoms with Crippen molar-refractivity contribution in [3.63, 3.8) is 0 Å². The van der Waals surface area contributed by atoms with E-state index < -0.39 is 22.5 Å². The van der Waals surface area contributed by atoms with E-state index >= 15 is 0 Å². The maximum atomic E-state index is 13.3. The Balaban J connectivity index is 1.76. The third kappa shape index (κ3) is 8.19. The number of amides is 1. The van der Waals surface area contributed by atoms with Crippen LogP contribution in [0.2, 0.25) is 10.0 Å². The second kappa shape index (κ2) is 14.2. The quantitative estimate of drug-likeness (QED) is 0.213. The lowest BCUT2D eigenvalue weighted by molar-refractivity contribution is -0.121. The Morgan fingerprint density at radius 1 is 0.974 bits per heavy atom. The van der Waals surface area contributed by atoms with Crippen LogP contribution in [-0.4, -0.2) is 44.6 Å². The Morgan fingerprint density at radius 2 is 1.74 bits per heavy atom. The fourth-order valence-corrected chi connectivity index (χ4v) is 5.11. The van der Waals surface area contributed by atoms with Gasteiger partial charge in [-0.1, -0.05) is 54.4 Å². The van der Waals surface area contributed by atoms with E-state index in [2.05, 4.69) is 10.5 Å². The molecule has 0 aliphatic carbocycles. The van der Waals surface area contributed by atoms with E-state index in [4.69, 9.17) is 32.7 Å². The van der Waals surface area contributed by atoms with Crippen LogP contribution in [0.4, 0.5) is 0 Å². The van der Waals surface area contributed by atoms with Crippen molar-refractivity contribution >= 4 is 45.3 Å². The van der Waals surface area contributed by atoms with Crippen LogP contribution in [0.15, 0.2) is 76.7 Å². The fraction of sp³-hybridized carbons (Fsp3) is 0.259. The van der Waals surface area contributed by atoms with Gasteiger partial charge in [0.15, 0.2) is 11.5 Å². The van der Waals surface area contributed by atoms with Crippen LogP contribution in [0.25, 0.3) is 0 Å². The van der Waals surface area contributed by atoms with Crippen molar-refractivity contribution in [3.8, 4) is 11.5 Å². The molecular formula is C27H29Cl2N3O5S. The number of carbonyl (C=O) groups excluding carboxylic acids is 1. The molecule has 8 nitrogen and oxygen atoms in total.